The summed E-state index contributed by atoms with van der Waals surface area (Å²) in [7, 11) is 1.96. The van der Waals surface area contributed by atoms with E-state index >= 15 is 0 Å². The Morgan fingerprint density at radius 2 is 2.00 bits per heavy atom. The summed E-state index contributed by atoms with van der Waals surface area (Å²) in [5.74, 6) is 1.19. The van der Waals surface area contributed by atoms with Crippen molar-refractivity contribution >= 4 is 51.6 Å². The molecule has 0 amide bonds. The van der Waals surface area contributed by atoms with Crippen molar-refractivity contribution in [3.8, 4) is 0 Å². The summed E-state index contributed by atoms with van der Waals surface area (Å²) in [5, 5.41) is 6.78. The van der Waals surface area contributed by atoms with Gasteiger partial charge in [0, 0.05) is 29.4 Å². The van der Waals surface area contributed by atoms with Crippen LogP contribution < -0.4 is 5.73 Å². The lowest BCUT2D eigenvalue weighted by Gasteiger charge is -2.05. The first-order valence-corrected chi connectivity index (χ1v) is 7.31. The number of unbranched alkanes of at least 4 members (excludes halogenated alkanes) is 1. The molecule has 2 aromatic heterocycles. The first-order chi connectivity index (χ1) is 9.72. The molecule has 0 aliphatic carbocycles. The van der Waals surface area contributed by atoms with Crippen molar-refractivity contribution in [3.05, 3.63) is 30.0 Å². The van der Waals surface area contributed by atoms with Crippen LogP contribution in [0.15, 0.2) is 24.3 Å². The quantitative estimate of drug-likeness (QED) is 0.588. The highest BCUT2D eigenvalue weighted by molar-refractivity contribution is 6.17. The summed E-state index contributed by atoms with van der Waals surface area (Å²) in [6.07, 6.45) is 3.01. The number of aromatic nitrogens is 3. The molecule has 4 nitrogen and oxygen atoms in total. The van der Waals surface area contributed by atoms with Gasteiger partial charge in [0.15, 0.2) is 5.82 Å². The van der Waals surface area contributed by atoms with Gasteiger partial charge in [-0.05, 0) is 25.3 Å². The molecule has 0 bridgehead atoms. The topological polar surface area (TPSA) is 56.7 Å². The Morgan fingerprint density at radius 3 is 2.76 bits per heavy atom. The molecular formula is C15H18Cl2N4. The Hall–Kier alpha value is -1.52. The lowest BCUT2D eigenvalue weighted by molar-refractivity contribution is 0.685. The lowest BCUT2D eigenvalue weighted by Crippen LogP contribution is -1.98. The van der Waals surface area contributed by atoms with Crippen molar-refractivity contribution in [2.75, 3.05) is 11.6 Å². The van der Waals surface area contributed by atoms with Gasteiger partial charge in [0.1, 0.15) is 5.52 Å². The molecule has 6 heteroatoms. The lowest BCUT2D eigenvalue weighted by atomic mass is 10.1. The molecule has 3 rings (SSSR count). The smallest absolute Gasteiger partial charge is 0.152 e. The number of pyridine rings is 1. The number of rotatable bonds is 4. The monoisotopic (exact) mass is 324 g/mol. The Morgan fingerprint density at radius 1 is 1.24 bits per heavy atom. The molecule has 0 radical (unpaired) electrons. The van der Waals surface area contributed by atoms with Crippen LogP contribution in [0.4, 0.5) is 5.82 Å². The molecule has 1 aromatic carbocycles. The molecule has 0 saturated carbocycles. The fourth-order valence-electron chi connectivity index (χ4n) is 2.66. The number of para-hydroxylation sites is 1. The van der Waals surface area contributed by atoms with Crippen LogP contribution >= 0.6 is 24.0 Å². The van der Waals surface area contributed by atoms with Crippen LogP contribution in [0.25, 0.3) is 21.8 Å². The SMILES string of the molecule is Cl.Cn1nc2c(N)nc3ccccc3c2c1CCCCCl. The molecule has 112 valence electrons. The van der Waals surface area contributed by atoms with E-state index in [2.05, 4.69) is 16.1 Å². The van der Waals surface area contributed by atoms with Crippen LogP contribution in [0.3, 0.4) is 0 Å². The Kier molecular flexibility index (Phi) is 4.91. The van der Waals surface area contributed by atoms with Gasteiger partial charge in [-0.25, -0.2) is 4.98 Å². The minimum atomic E-state index is 0. The zero-order valence-corrected chi connectivity index (χ0v) is 13.4. The van der Waals surface area contributed by atoms with E-state index in [4.69, 9.17) is 17.3 Å². The maximum atomic E-state index is 6.05. The molecule has 0 aliphatic rings. The third-order valence-electron chi connectivity index (χ3n) is 3.62. The van der Waals surface area contributed by atoms with Gasteiger partial charge in [0.05, 0.1) is 5.52 Å². The minimum Gasteiger partial charge on any atom is -0.382 e. The maximum Gasteiger partial charge on any atom is 0.152 e. The fourth-order valence-corrected chi connectivity index (χ4v) is 2.85. The molecule has 0 spiro atoms. The molecule has 0 saturated heterocycles. The van der Waals surface area contributed by atoms with Crippen LogP contribution in [0.5, 0.6) is 0 Å². The van der Waals surface area contributed by atoms with Gasteiger partial charge in [0.2, 0.25) is 0 Å². The van der Waals surface area contributed by atoms with E-state index in [0.29, 0.717) is 11.7 Å². The number of hydrogen-bond acceptors (Lipinski definition) is 3. The molecule has 0 unspecified atom stereocenters. The van der Waals surface area contributed by atoms with Crippen molar-refractivity contribution in [3.63, 3.8) is 0 Å². The number of nitrogen functional groups attached to an aromatic ring is 1. The van der Waals surface area contributed by atoms with E-state index in [9.17, 15) is 0 Å². The van der Waals surface area contributed by atoms with E-state index in [0.717, 1.165) is 41.1 Å². The van der Waals surface area contributed by atoms with Crippen molar-refractivity contribution in [2.24, 2.45) is 7.05 Å². The molecular weight excluding hydrogens is 307 g/mol. The average molecular weight is 325 g/mol. The number of halogens is 2. The zero-order valence-electron chi connectivity index (χ0n) is 11.8. The second kappa shape index (κ2) is 6.50. The molecule has 0 fully saturated rings. The Balaban J connectivity index is 0.00000161. The second-order valence-electron chi connectivity index (χ2n) is 4.95. The van der Waals surface area contributed by atoms with Gasteiger partial charge in [-0.2, -0.15) is 5.10 Å². The van der Waals surface area contributed by atoms with E-state index < -0.39 is 0 Å². The first-order valence-electron chi connectivity index (χ1n) is 6.78. The number of alkyl halides is 1. The van der Waals surface area contributed by atoms with Crippen LogP contribution in [0.1, 0.15) is 18.5 Å². The first kappa shape index (κ1) is 15.9. The normalized spacial score (nSPS) is 11.0. The highest BCUT2D eigenvalue weighted by atomic mass is 35.5. The van der Waals surface area contributed by atoms with Gasteiger partial charge >= 0.3 is 0 Å². The summed E-state index contributed by atoms with van der Waals surface area (Å²) in [6, 6.07) is 8.07. The van der Waals surface area contributed by atoms with Gasteiger partial charge in [-0.1, -0.05) is 18.2 Å². The van der Waals surface area contributed by atoms with Crippen LogP contribution in [-0.4, -0.2) is 20.6 Å². The van der Waals surface area contributed by atoms with Gasteiger partial charge in [-0.15, -0.1) is 24.0 Å². The zero-order chi connectivity index (χ0) is 14.1. The molecule has 2 heterocycles. The summed E-state index contributed by atoms with van der Waals surface area (Å²) in [4.78, 5) is 4.44. The Labute approximate surface area is 134 Å². The molecule has 0 atom stereocenters. The number of fused-ring (bicyclic) bond motifs is 3. The van der Waals surface area contributed by atoms with E-state index in [1.807, 2.05) is 29.9 Å². The number of aryl methyl sites for hydroxylation is 2. The Bertz CT molecular complexity index is 767. The van der Waals surface area contributed by atoms with Crippen LogP contribution in [0.2, 0.25) is 0 Å². The van der Waals surface area contributed by atoms with Crippen LogP contribution in [-0.2, 0) is 13.5 Å². The summed E-state index contributed by atoms with van der Waals surface area (Å²) in [5.41, 5.74) is 8.97. The third kappa shape index (κ3) is 2.78. The van der Waals surface area contributed by atoms with E-state index in [1.165, 1.54) is 5.69 Å². The standard InChI is InChI=1S/C15H17ClN4.ClH/c1-20-12(8-4-5-9-16)13-10-6-2-3-7-11(10)18-15(17)14(13)19-20;/h2-3,6-7H,4-5,8-9H2,1H3,(H2,17,18);1H. The fraction of sp³-hybridized carbons (Fsp3) is 0.333. The summed E-state index contributed by atoms with van der Waals surface area (Å²) in [6.45, 7) is 0. The van der Waals surface area contributed by atoms with E-state index in [1.54, 1.807) is 0 Å². The van der Waals surface area contributed by atoms with E-state index in [-0.39, 0.29) is 12.4 Å². The number of nitrogens with two attached hydrogens (primary N) is 1. The highest BCUT2D eigenvalue weighted by Crippen LogP contribution is 2.30. The summed E-state index contributed by atoms with van der Waals surface area (Å²) < 4.78 is 1.92. The number of benzene rings is 1. The van der Waals surface area contributed by atoms with Crippen LogP contribution in [0, 0.1) is 0 Å². The van der Waals surface area contributed by atoms with Gasteiger partial charge in [-0.3, -0.25) is 4.68 Å². The van der Waals surface area contributed by atoms with Crippen molar-refractivity contribution < 1.29 is 0 Å². The largest absolute Gasteiger partial charge is 0.382 e. The number of hydrogen-bond donors (Lipinski definition) is 1. The van der Waals surface area contributed by atoms with Crippen molar-refractivity contribution in [1.82, 2.24) is 14.8 Å². The molecule has 2 N–H and O–H groups in total. The minimum absolute atomic E-state index is 0. The predicted octanol–water partition coefficient (Wildman–Crippen LogP) is 3.69. The number of nitrogens with zero attached hydrogens (tertiary/aromatic N) is 3. The second-order valence-corrected chi connectivity index (χ2v) is 5.33. The maximum absolute atomic E-state index is 6.05. The predicted molar refractivity (Wildman–Crippen MR) is 91.3 cm³/mol. The molecule has 3 aromatic rings. The third-order valence-corrected chi connectivity index (χ3v) is 3.89. The highest BCUT2D eigenvalue weighted by Gasteiger charge is 2.15. The van der Waals surface area contributed by atoms with Gasteiger partial charge < -0.3 is 5.73 Å². The van der Waals surface area contributed by atoms with Crippen molar-refractivity contribution in [1.29, 1.82) is 0 Å². The average Bonchev–Trinajstić information content (AvgIpc) is 2.78. The van der Waals surface area contributed by atoms with Gasteiger partial charge in [0.25, 0.3) is 0 Å². The van der Waals surface area contributed by atoms with Crippen molar-refractivity contribution in [2.45, 2.75) is 19.3 Å². The molecule has 0 aliphatic heterocycles. The molecule has 21 heavy (non-hydrogen) atoms. The number of anilines is 1. The summed E-state index contributed by atoms with van der Waals surface area (Å²) >= 11 is 5.77.